The highest BCUT2D eigenvalue weighted by molar-refractivity contribution is 7.07. The van der Waals surface area contributed by atoms with Gasteiger partial charge in [-0.3, -0.25) is 0 Å². The quantitative estimate of drug-likeness (QED) is 0.874. The van der Waals surface area contributed by atoms with Gasteiger partial charge < -0.3 is 5.32 Å². The molecule has 1 aliphatic rings. The van der Waals surface area contributed by atoms with E-state index in [1.165, 1.54) is 18.4 Å². The summed E-state index contributed by atoms with van der Waals surface area (Å²) in [6.45, 7) is 0.978. The summed E-state index contributed by atoms with van der Waals surface area (Å²) in [7, 11) is 0. The molecule has 1 N–H and O–H groups in total. The Hall–Kier alpha value is -0.900. The van der Waals surface area contributed by atoms with E-state index in [1.54, 1.807) is 11.3 Å². The minimum Gasteiger partial charge on any atom is -0.313 e. The molecule has 1 aromatic carbocycles. The average Bonchev–Trinajstić information content (AvgIpc) is 3.11. The van der Waals surface area contributed by atoms with Crippen molar-refractivity contribution >= 4 is 22.9 Å². The van der Waals surface area contributed by atoms with Crippen LogP contribution in [0.5, 0.6) is 0 Å². The van der Waals surface area contributed by atoms with Gasteiger partial charge in [0.05, 0.1) is 11.2 Å². The van der Waals surface area contributed by atoms with Crippen molar-refractivity contribution in [2.75, 3.05) is 6.54 Å². The summed E-state index contributed by atoms with van der Waals surface area (Å²) in [6.07, 6.45) is 3.57. The van der Waals surface area contributed by atoms with Crippen LogP contribution in [0.1, 0.15) is 30.0 Å². The SMILES string of the molecule is Clc1ccccc1C(CNC1CC1)Cc1cscn1. The van der Waals surface area contributed by atoms with E-state index >= 15 is 0 Å². The zero-order chi connectivity index (χ0) is 13.1. The van der Waals surface area contributed by atoms with Crippen molar-refractivity contribution in [3.63, 3.8) is 0 Å². The third-order valence-electron chi connectivity index (χ3n) is 3.51. The molecular weight excluding hydrogens is 276 g/mol. The van der Waals surface area contributed by atoms with Gasteiger partial charge >= 0.3 is 0 Å². The molecule has 1 aromatic heterocycles. The predicted octanol–water partition coefficient (Wildman–Crippen LogP) is 3.87. The molecule has 0 bridgehead atoms. The lowest BCUT2D eigenvalue weighted by atomic mass is 9.94. The molecule has 4 heteroatoms. The van der Waals surface area contributed by atoms with Crippen molar-refractivity contribution in [1.29, 1.82) is 0 Å². The fourth-order valence-corrected chi connectivity index (χ4v) is 3.15. The molecule has 0 amide bonds. The summed E-state index contributed by atoms with van der Waals surface area (Å²) in [6, 6.07) is 8.88. The van der Waals surface area contributed by atoms with Gasteiger partial charge in [-0.05, 0) is 30.9 Å². The minimum absolute atomic E-state index is 0.399. The third-order valence-corrected chi connectivity index (χ3v) is 4.49. The third kappa shape index (κ3) is 3.56. The fourth-order valence-electron chi connectivity index (χ4n) is 2.29. The number of aromatic nitrogens is 1. The molecule has 2 nitrogen and oxygen atoms in total. The molecule has 3 rings (SSSR count). The summed E-state index contributed by atoms with van der Waals surface area (Å²) in [5.41, 5.74) is 4.28. The molecule has 0 radical (unpaired) electrons. The van der Waals surface area contributed by atoms with Gasteiger partial charge in [0.15, 0.2) is 0 Å². The number of halogens is 1. The van der Waals surface area contributed by atoms with Crippen molar-refractivity contribution in [3.05, 3.63) is 51.4 Å². The Labute approximate surface area is 122 Å². The second-order valence-electron chi connectivity index (χ2n) is 5.08. The highest BCUT2D eigenvalue weighted by Gasteiger charge is 2.23. The first-order chi connectivity index (χ1) is 9.33. The van der Waals surface area contributed by atoms with Gasteiger partial charge in [0.25, 0.3) is 0 Å². The van der Waals surface area contributed by atoms with Crippen molar-refractivity contribution in [3.8, 4) is 0 Å². The van der Waals surface area contributed by atoms with E-state index in [9.17, 15) is 0 Å². The highest BCUT2D eigenvalue weighted by atomic mass is 35.5. The summed E-state index contributed by atoms with van der Waals surface area (Å²) in [5, 5.41) is 6.60. The lowest BCUT2D eigenvalue weighted by Crippen LogP contribution is -2.25. The van der Waals surface area contributed by atoms with Crippen LogP contribution in [0.3, 0.4) is 0 Å². The first-order valence-electron chi connectivity index (χ1n) is 6.68. The molecule has 1 aliphatic carbocycles. The van der Waals surface area contributed by atoms with Crippen molar-refractivity contribution in [2.24, 2.45) is 0 Å². The maximum absolute atomic E-state index is 6.34. The number of hydrogen-bond acceptors (Lipinski definition) is 3. The van der Waals surface area contributed by atoms with E-state index in [1.807, 2.05) is 17.6 Å². The van der Waals surface area contributed by atoms with Crippen LogP contribution in [-0.2, 0) is 6.42 Å². The molecule has 19 heavy (non-hydrogen) atoms. The van der Waals surface area contributed by atoms with Crippen LogP contribution in [0.2, 0.25) is 5.02 Å². The summed E-state index contributed by atoms with van der Waals surface area (Å²) < 4.78 is 0. The largest absolute Gasteiger partial charge is 0.313 e. The van der Waals surface area contributed by atoms with Crippen molar-refractivity contribution in [1.82, 2.24) is 10.3 Å². The average molecular weight is 293 g/mol. The van der Waals surface area contributed by atoms with Gasteiger partial charge in [0.2, 0.25) is 0 Å². The predicted molar refractivity (Wildman–Crippen MR) is 81.0 cm³/mol. The number of nitrogens with one attached hydrogen (secondary N) is 1. The lowest BCUT2D eigenvalue weighted by Gasteiger charge is -2.18. The summed E-state index contributed by atoms with van der Waals surface area (Å²) in [5.74, 6) is 0.399. The molecular formula is C15H17ClN2S. The Morgan fingerprint density at radius 1 is 1.37 bits per heavy atom. The molecule has 1 unspecified atom stereocenters. The molecule has 0 aliphatic heterocycles. The fraction of sp³-hybridized carbons (Fsp3) is 0.400. The Morgan fingerprint density at radius 2 is 2.21 bits per heavy atom. The summed E-state index contributed by atoms with van der Waals surface area (Å²) in [4.78, 5) is 4.40. The molecule has 1 fully saturated rings. The molecule has 1 atom stereocenters. The normalized spacial score (nSPS) is 16.5. The number of thiazole rings is 1. The molecule has 100 valence electrons. The van der Waals surface area contributed by atoms with E-state index in [0.717, 1.165) is 29.7 Å². The minimum atomic E-state index is 0.399. The Bertz CT molecular complexity index is 523. The summed E-state index contributed by atoms with van der Waals surface area (Å²) >= 11 is 8.00. The Morgan fingerprint density at radius 3 is 2.89 bits per heavy atom. The van der Waals surface area contributed by atoms with Gasteiger partial charge in [-0.1, -0.05) is 29.8 Å². The Balaban J connectivity index is 1.76. The van der Waals surface area contributed by atoms with Crippen molar-refractivity contribution < 1.29 is 0 Å². The van der Waals surface area contributed by atoms with Crippen LogP contribution < -0.4 is 5.32 Å². The molecule has 0 spiro atoms. The Kier molecular flexibility index (Phi) is 4.16. The zero-order valence-corrected chi connectivity index (χ0v) is 12.3. The van der Waals surface area contributed by atoms with Gasteiger partial charge in [-0.2, -0.15) is 0 Å². The van der Waals surface area contributed by atoms with Gasteiger partial charge in [0, 0.05) is 28.9 Å². The molecule has 2 aromatic rings. The van der Waals surface area contributed by atoms with E-state index in [2.05, 4.69) is 27.8 Å². The molecule has 1 saturated carbocycles. The van der Waals surface area contributed by atoms with Crippen LogP contribution in [0.25, 0.3) is 0 Å². The van der Waals surface area contributed by atoms with Crippen LogP contribution in [0, 0.1) is 0 Å². The number of benzene rings is 1. The smallest absolute Gasteiger partial charge is 0.0794 e. The van der Waals surface area contributed by atoms with Gasteiger partial charge in [-0.25, -0.2) is 4.98 Å². The number of nitrogens with zero attached hydrogens (tertiary/aromatic N) is 1. The molecule has 0 saturated heterocycles. The number of rotatable bonds is 6. The van der Waals surface area contributed by atoms with Gasteiger partial charge in [-0.15, -0.1) is 11.3 Å². The van der Waals surface area contributed by atoms with E-state index in [-0.39, 0.29) is 0 Å². The van der Waals surface area contributed by atoms with Crippen LogP contribution in [-0.4, -0.2) is 17.6 Å². The zero-order valence-electron chi connectivity index (χ0n) is 10.7. The first-order valence-corrected chi connectivity index (χ1v) is 8.00. The second kappa shape index (κ2) is 6.04. The van der Waals surface area contributed by atoms with E-state index < -0.39 is 0 Å². The maximum Gasteiger partial charge on any atom is 0.0794 e. The van der Waals surface area contributed by atoms with Gasteiger partial charge in [0.1, 0.15) is 0 Å². The van der Waals surface area contributed by atoms with E-state index in [0.29, 0.717) is 5.92 Å². The van der Waals surface area contributed by atoms with Crippen LogP contribution in [0.15, 0.2) is 35.2 Å². The number of hydrogen-bond donors (Lipinski definition) is 1. The van der Waals surface area contributed by atoms with Crippen LogP contribution in [0.4, 0.5) is 0 Å². The second-order valence-corrected chi connectivity index (χ2v) is 6.21. The standard InChI is InChI=1S/C15H17ClN2S/c16-15-4-2-1-3-14(15)11(8-17-12-5-6-12)7-13-9-19-10-18-13/h1-4,9-12,17H,5-8H2. The molecule has 1 heterocycles. The maximum atomic E-state index is 6.34. The topological polar surface area (TPSA) is 24.9 Å². The monoisotopic (exact) mass is 292 g/mol. The van der Waals surface area contributed by atoms with E-state index in [4.69, 9.17) is 11.6 Å². The lowest BCUT2D eigenvalue weighted by molar-refractivity contribution is 0.573. The van der Waals surface area contributed by atoms with Crippen LogP contribution >= 0.6 is 22.9 Å². The van der Waals surface area contributed by atoms with Crippen molar-refractivity contribution in [2.45, 2.75) is 31.2 Å². The highest BCUT2D eigenvalue weighted by Crippen LogP contribution is 2.28. The first kappa shape index (κ1) is 13.1.